The summed E-state index contributed by atoms with van der Waals surface area (Å²) in [6.07, 6.45) is 11.6. The SMILES string of the molecule is N#Cc1ccc(-c2cc3c(o2)C(=O)N(Cc2ccccc2-c2cncnc2)c2ccc(N4CCNCC4)cc2C3)cc1.O=C1Nc2ccc(C3CCNCC3)cc2Cc2cc(-c3ccc(Cl)cc3)oc21.O=C1c2oc(-c3ccc(Cl)cc3)cc2Cc2cc(C3CCNCC3)ccc2N1Cc1ccccc1-c1ccccc1. The fourth-order valence-corrected chi connectivity index (χ4v) is 16.5. The maximum Gasteiger partial charge on any atom is 0.294 e. The summed E-state index contributed by atoms with van der Waals surface area (Å²) in [6.45, 7) is 8.78. The molecule has 9 aromatic carbocycles. The molecule has 6 aliphatic rings. The predicted molar refractivity (Wildman–Crippen MR) is 438 cm³/mol. The molecule has 0 atom stereocenters. The van der Waals surface area contributed by atoms with Crippen molar-refractivity contribution in [2.45, 2.75) is 69.9 Å². The number of piperazine rings is 1. The van der Waals surface area contributed by atoms with Crippen LogP contribution in [0.25, 0.3) is 56.2 Å². The Morgan fingerprint density at radius 3 is 1.43 bits per heavy atom. The zero-order valence-electron chi connectivity index (χ0n) is 61.2. The normalized spacial score (nSPS) is 15.4. The summed E-state index contributed by atoms with van der Waals surface area (Å²) >= 11 is 12.1. The number of hydrogen-bond acceptors (Lipinski definition) is 13. The van der Waals surface area contributed by atoms with Crippen LogP contribution in [0.1, 0.15) is 130 Å². The first-order valence-electron chi connectivity index (χ1n) is 38.1. The van der Waals surface area contributed by atoms with Crippen LogP contribution in [0.5, 0.6) is 0 Å². The van der Waals surface area contributed by atoms with E-state index in [9.17, 15) is 19.6 Å². The zero-order chi connectivity index (χ0) is 75.3. The number of nitrogens with one attached hydrogen (secondary N) is 4. The van der Waals surface area contributed by atoms with Crippen LogP contribution >= 0.6 is 23.2 Å². The number of hydrogen-bond donors (Lipinski definition) is 4. The van der Waals surface area contributed by atoms with E-state index in [2.05, 4.69) is 121 Å². The van der Waals surface area contributed by atoms with Crippen molar-refractivity contribution in [2.24, 2.45) is 0 Å². The van der Waals surface area contributed by atoms with Gasteiger partial charge in [-0.05, 0) is 241 Å². The lowest BCUT2D eigenvalue weighted by Crippen LogP contribution is -2.43. The van der Waals surface area contributed by atoms with Gasteiger partial charge in [0.25, 0.3) is 17.7 Å². The predicted octanol–water partition coefficient (Wildman–Crippen LogP) is 19.1. The molecule has 0 bridgehead atoms. The van der Waals surface area contributed by atoms with Crippen LogP contribution in [-0.2, 0) is 32.4 Å². The molecule has 3 amide bonds. The van der Waals surface area contributed by atoms with E-state index in [-0.39, 0.29) is 17.7 Å². The summed E-state index contributed by atoms with van der Waals surface area (Å²) in [6, 6.07) is 76.7. The lowest BCUT2D eigenvalue weighted by molar-refractivity contribution is 0.0952. The van der Waals surface area contributed by atoms with Crippen molar-refractivity contribution >= 4 is 63.7 Å². The molecule has 4 aromatic heterocycles. The highest BCUT2D eigenvalue weighted by molar-refractivity contribution is 6.31. The lowest BCUT2D eigenvalue weighted by atomic mass is 9.88. The number of aromatic nitrogens is 2. The Balaban J connectivity index is 0.000000124. The number of benzene rings is 9. The van der Waals surface area contributed by atoms with Gasteiger partial charge in [0.2, 0.25) is 0 Å². The van der Waals surface area contributed by atoms with Crippen LogP contribution in [-0.4, -0.2) is 80.0 Å². The Morgan fingerprint density at radius 1 is 0.432 bits per heavy atom. The van der Waals surface area contributed by atoms with Gasteiger partial charge in [-0.1, -0.05) is 126 Å². The Labute approximate surface area is 654 Å². The number of piperidine rings is 2. The minimum Gasteiger partial charge on any atom is -0.451 e. The number of anilines is 4. The molecule has 0 unspecified atom stereocenters. The highest BCUT2D eigenvalue weighted by atomic mass is 35.5. The van der Waals surface area contributed by atoms with Gasteiger partial charge < -0.3 is 49.2 Å². The van der Waals surface area contributed by atoms with Crippen LogP contribution < -0.4 is 36.0 Å². The molecule has 3 fully saturated rings. The second-order valence-corrected chi connectivity index (χ2v) is 29.9. The van der Waals surface area contributed by atoms with Crippen molar-refractivity contribution in [1.82, 2.24) is 25.9 Å². The summed E-state index contributed by atoms with van der Waals surface area (Å²) < 4.78 is 18.6. The van der Waals surface area contributed by atoms with E-state index in [0.29, 0.717) is 94.4 Å². The van der Waals surface area contributed by atoms with E-state index in [1.165, 1.54) is 17.5 Å². The number of amides is 3. The monoisotopic (exact) mass is 1500 g/mol. The summed E-state index contributed by atoms with van der Waals surface area (Å²) in [5, 5.41) is 23.9. The molecule has 16 nitrogen and oxygen atoms in total. The van der Waals surface area contributed by atoms with Gasteiger partial charge >= 0.3 is 0 Å². The van der Waals surface area contributed by atoms with E-state index in [0.717, 1.165) is 184 Å². The van der Waals surface area contributed by atoms with Gasteiger partial charge in [0.1, 0.15) is 23.6 Å². The van der Waals surface area contributed by atoms with Gasteiger partial charge in [0.05, 0.1) is 24.7 Å². The Hall–Kier alpha value is -11.9. The first-order valence-corrected chi connectivity index (χ1v) is 38.8. The largest absolute Gasteiger partial charge is 0.451 e. The third-order valence-electron chi connectivity index (χ3n) is 22.1. The third-order valence-corrected chi connectivity index (χ3v) is 22.6. The summed E-state index contributed by atoms with van der Waals surface area (Å²) in [7, 11) is 0. The van der Waals surface area contributed by atoms with Crippen molar-refractivity contribution in [1.29, 1.82) is 5.26 Å². The number of carbonyl (C=O) groups is 3. The molecule has 0 spiro atoms. The number of fused-ring (bicyclic) bond motifs is 6. The molecule has 0 saturated carbocycles. The van der Waals surface area contributed by atoms with Gasteiger partial charge in [-0.25, -0.2) is 9.97 Å². The topological polar surface area (TPSA) is 198 Å². The van der Waals surface area contributed by atoms with Gasteiger partial charge in [0, 0.05) is 130 Å². The summed E-state index contributed by atoms with van der Waals surface area (Å²) in [5.74, 6) is 3.75. The van der Waals surface area contributed by atoms with E-state index in [4.69, 9.17) is 36.5 Å². The molecule has 3 saturated heterocycles. The Kier molecular flexibility index (Phi) is 21.0. The molecular weight excluding hydrogens is 1420 g/mol. The highest BCUT2D eigenvalue weighted by Gasteiger charge is 2.35. The van der Waals surface area contributed by atoms with E-state index in [1.54, 1.807) is 24.5 Å². The van der Waals surface area contributed by atoms with E-state index >= 15 is 0 Å². The maximum atomic E-state index is 14.3. The van der Waals surface area contributed by atoms with Crippen molar-refractivity contribution in [2.75, 3.05) is 72.4 Å². The summed E-state index contributed by atoms with van der Waals surface area (Å²) in [5.41, 5.74) is 22.1. The average Bonchev–Trinajstić information content (AvgIpc) is 1.63. The smallest absolute Gasteiger partial charge is 0.294 e. The number of carbonyl (C=O) groups excluding carboxylic acids is 3. The average molecular weight is 1500 g/mol. The molecule has 0 aliphatic carbocycles. The molecule has 0 radical (unpaired) electrons. The number of halogens is 2. The molecule has 4 N–H and O–H groups in total. The Bertz CT molecular complexity index is 5620. The van der Waals surface area contributed by atoms with Gasteiger partial charge in [0.15, 0.2) is 17.3 Å². The van der Waals surface area contributed by atoms with Crippen LogP contribution in [0.2, 0.25) is 10.0 Å². The molecule has 552 valence electrons. The van der Waals surface area contributed by atoms with Crippen molar-refractivity contribution in [3.63, 3.8) is 0 Å². The first-order chi connectivity index (χ1) is 54.5. The second-order valence-electron chi connectivity index (χ2n) is 29.1. The molecule has 18 heteroatoms. The van der Waals surface area contributed by atoms with Gasteiger partial charge in [-0.15, -0.1) is 0 Å². The van der Waals surface area contributed by atoms with Crippen molar-refractivity contribution in [3.05, 3.63) is 332 Å². The minimum atomic E-state index is -0.191. The fraction of sp³-hybridized carbons (Fsp3) is 0.204. The molecule has 10 heterocycles. The number of rotatable bonds is 12. The Morgan fingerprint density at radius 2 is 0.883 bits per heavy atom. The molecule has 111 heavy (non-hydrogen) atoms. The zero-order valence-corrected chi connectivity index (χ0v) is 62.7. The van der Waals surface area contributed by atoms with Crippen molar-refractivity contribution in [3.8, 4) is 62.3 Å². The summed E-state index contributed by atoms with van der Waals surface area (Å²) in [4.78, 5) is 55.9. The maximum absolute atomic E-state index is 14.3. The fourth-order valence-electron chi connectivity index (χ4n) is 16.3. The molecule has 13 aromatic rings. The van der Waals surface area contributed by atoms with Crippen molar-refractivity contribution < 1.29 is 27.6 Å². The third kappa shape index (κ3) is 15.6. The van der Waals surface area contributed by atoms with Crippen LogP contribution in [0, 0.1) is 11.3 Å². The minimum absolute atomic E-state index is 0.114. The molecule has 19 rings (SSSR count). The molecule has 6 aliphatic heterocycles. The van der Waals surface area contributed by atoms with E-state index < -0.39 is 0 Å². The van der Waals surface area contributed by atoms with Crippen LogP contribution in [0.4, 0.5) is 22.7 Å². The number of furan rings is 3. The first kappa shape index (κ1) is 72.0. The second kappa shape index (κ2) is 32.3. The highest BCUT2D eigenvalue weighted by Crippen LogP contribution is 2.43. The number of nitrogens with zero attached hydrogens (tertiary/aromatic N) is 6. The van der Waals surface area contributed by atoms with Gasteiger partial charge in [-0.3, -0.25) is 14.4 Å². The number of nitriles is 1. The van der Waals surface area contributed by atoms with Crippen LogP contribution in [0.15, 0.2) is 256 Å². The van der Waals surface area contributed by atoms with Gasteiger partial charge in [-0.2, -0.15) is 5.26 Å². The van der Waals surface area contributed by atoms with Crippen LogP contribution in [0.3, 0.4) is 0 Å². The molecular formula is C93H80Cl2N10O6. The quantitative estimate of drug-likeness (QED) is 0.0902. The standard InChI is InChI=1S/C36H31ClN2O2.C34H28N6O2.C23H21ClN2O2/c37-31-13-10-26(11-14-31)34-22-30-21-29-20-27(24-16-18-38-19-17-24)12-15-33(29)39(36(40)35(30)41-34)23-28-8-4-5-9-32(28)25-6-2-1-3-7-25;35-18-23-5-7-24(8-6-23)32-17-27-15-26-16-29(39-13-11-36-12-14-39)9-10-31(26)40(34(41)33(27)42-32)21-25-3-1-2-4-30(25)28-19-37-22-38-20-28;24-19-4-1-15(2-5-19)21-13-18-12-17-11-16(14-7-9-25-10-8-14)3-6-20(17)26-23(27)22(18)28-21/h1-15,20,22,24,38H,16-19,21,23H2;1-10,16-17,19-20,22,36H,11-15,21H2;1-6,11,13-14,25H,7-10,12H2,(H,26,27). The van der Waals surface area contributed by atoms with E-state index in [1.807, 2.05) is 143 Å². The lowest BCUT2D eigenvalue weighted by Gasteiger charge is -2.31.